The minimum absolute atomic E-state index is 1.12. The molecular weight excluding hydrogens is 508 g/mol. The van der Waals surface area contributed by atoms with Gasteiger partial charge in [0, 0.05) is 34.1 Å². The van der Waals surface area contributed by atoms with Gasteiger partial charge in [-0.1, -0.05) is 62.4 Å². The molecule has 2 heteroatoms. The first-order valence-corrected chi connectivity index (χ1v) is 15.5. The Kier molecular flexibility index (Phi) is 7.13. The van der Waals surface area contributed by atoms with Gasteiger partial charge in [-0.2, -0.15) is 0 Å². The summed E-state index contributed by atoms with van der Waals surface area (Å²) in [5.74, 6) is 0. The lowest BCUT2D eigenvalue weighted by molar-refractivity contribution is 0.795. The molecule has 0 aliphatic heterocycles. The predicted octanol–water partition coefficient (Wildman–Crippen LogP) is 10.8. The molecule has 2 aliphatic carbocycles. The molecule has 0 saturated heterocycles. The largest absolute Gasteiger partial charge is 0.311 e. The minimum Gasteiger partial charge on any atom is -0.311 e. The monoisotopic (exact) mass is 546 g/mol. The fourth-order valence-corrected chi connectivity index (χ4v) is 6.24. The maximum absolute atomic E-state index is 3.94. The lowest BCUT2D eigenvalue weighted by Gasteiger charge is -2.31. The highest BCUT2D eigenvalue weighted by molar-refractivity contribution is 5.82. The second kappa shape index (κ2) is 11.4. The van der Waals surface area contributed by atoms with Crippen molar-refractivity contribution in [3.05, 3.63) is 149 Å². The predicted molar refractivity (Wildman–Crippen MR) is 179 cm³/mol. The van der Waals surface area contributed by atoms with Crippen LogP contribution >= 0.6 is 0 Å². The Morgan fingerprint density at radius 1 is 0.524 bits per heavy atom. The zero-order chi connectivity index (χ0) is 28.5. The van der Waals surface area contributed by atoms with Gasteiger partial charge < -0.3 is 9.80 Å². The van der Waals surface area contributed by atoms with Crippen LogP contribution in [0.1, 0.15) is 53.1 Å². The molecule has 0 unspecified atom stereocenters. The van der Waals surface area contributed by atoms with Gasteiger partial charge in [-0.3, -0.25) is 0 Å². The van der Waals surface area contributed by atoms with Gasteiger partial charge in [-0.25, -0.2) is 0 Å². The first-order chi connectivity index (χ1) is 20.7. The smallest absolute Gasteiger partial charge is 0.0464 e. The van der Waals surface area contributed by atoms with Gasteiger partial charge in [-0.15, -0.1) is 0 Å². The molecule has 2 aliphatic rings. The summed E-state index contributed by atoms with van der Waals surface area (Å²) in [5.41, 5.74) is 15.5. The van der Waals surface area contributed by atoms with E-state index in [4.69, 9.17) is 0 Å². The summed E-state index contributed by atoms with van der Waals surface area (Å²) in [6.07, 6.45) is 10.2. The van der Waals surface area contributed by atoms with Crippen molar-refractivity contribution in [1.82, 2.24) is 0 Å². The van der Waals surface area contributed by atoms with Crippen LogP contribution in [0.2, 0.25) is 0 Å². The van der Waals surface area contributed by atoms with E-state index in [1.807, 2.05) is 6.08 Å². The molecule has 42 heavy (non-hydrogen) atoms. The molecule has 2 nitrogen and oxygen atoms in total. The average molecular weight is 547 g/mol. The fourth-order valence-electron chi connectivity index (χ4n) is 6.24. The van der Waals surface area contributed by atoms with Crippen LogP contribution in [0.15, 0.2) is 116 Å². The van der Waals surface area contributed by atoms with Crippen molar-refractivity contribution in [2.24, 2.45) is 0 Å². The van der Waals surface area contributed by atoms with Crippen molar-refractivity contribution in [2.45, 2.75) is 51.9 Å². The van der Waals surface area contributed by atoms with Gasteiger partial charge in [0.2, 0.25) is 0 Å². The van der Waals surface area contributed by atoms with Crippen LogP contribution in [0, 0.1) is 0 Å². The molecule has 5 aromatic rings. The molecule has 0 bridgehead atoms. The van der Waals surface area contributed by atoms with Gasteiger partial charge in [0.05, 0.1) is 0 Å². The minimum atomic E-state index is 1.12. The molecule has 0 aromatic heterocycles. The van der Waals surface area contributed by atoms with E-state index in [-0.39, 0.29) is 0 Å². The molecule has 0 atom stereocenters. The van der Waals surface area contributed by atoms with E-state index < -0.39 is 0 Å². The summed E-state index contributed by atoms with van der Waals surface area (Å²) < 4.78 is 0. The van der Waals surface area contributed by atoms with Gasteiger partial charge in [-0.05, 0) is 145 Å². The maximum atomic E-state index is 3.94. The Bertz CT molecular complexity index is 1660. The number of hydrogen-bond acceptors (Lipinski definition) is 2. The topological polar surface area (TPSA) is 6.48 Å². The number of nitrogens with zero attached hydrogens (tertiary/aromatic N) is 2. The quantitative estimate of drug-likeness (QED) is 0.172. The van der Waals surface area contributed by atoms with Crippen molar-refractivity contribution in [3.8, 4) is 0 Å². The van der Waals surface area contributed by atoms with Gasteiger partial charge >= 0.3 is 0 Å². The zero-order valence-corrected chi connectivity index (χ0v) is 24.5. The van der Waals surface area contributed by atoms with E-state index in [2.05, 4.69) is 132 Å². The lowest BCUT2D eigenvalue weighted by Crippen LogP contribution is -2.16. The number of unbranched alkanes of at least 4 members (excludes halogenated alkanes) is 1. The second-order valence-electron chi connectivity index (χ2n) is 11.7. The molecule has 7 rings (SSSR count). The number of hydrogen-bond donors (Lipinski definition) is 0. The number of benzene rings is 5. The highest BCUT2D eigenvalue weighted by Gasteiger charge is 2.21. The molecule has 0 fully saturated rings. The third kappa shape index (κ3) is 5.03. The van der Waals surface area contributed by atoms with Gasteiger partial charge in [0.25, 0.3) is 0 Å². The highest BCUT2D eigenvalue weighted by atomic mass is 15.2. The summed E-state index contributed by atoms with van der Waals surface area (Å²) in [7, 11) is 0. The third-order valence-corrected chi connectivity index (χ3v) is 8.99. The van der Waals surface area contributed by atoms with E-state index >= 15 is 0 Å². The summed E-state index contributed by atoms with van der Waals surface area (Å²) in [5, 5.41) is 0. The number of rotatable bonds is 10. The Balaban J connectivity index is 1.27. The van der Waals surface area contributed by atoms with E-state index in [9.17, 15) is 0 Å². The van der Waals surface area contributed by atoms with Gasteiger partial charge in [0.1, 0.15) is 0 Å². The Morgan fingerprint density at radius 2 is 0.929 bits per heavy atom. The molecule has 0 spiro atoms. The van der Waals surface area contributed by atoms with Crippen LogP contribution in [-0.2, 0) is 32.1 Å². The van der Waals surface area contributed by atoms with Crippen molar-refractivity contribution in [1.29, 1.82) is 0 Å². The Morgan fingerprint density at radius 3 is 1.33 bits per heavy atom. The van der Waals surface area contributed by atoms with E-state index in [1.165, 1.54) is 83.4 Å². The second-order valence-corrected chi connectivity index (χ2v) is 11.7. The van der Waals surface area contributed by atoms with Crippen molar-refractivity contribution < 1.29 is 0 Å². The zero-order valence-electron chi connectivity index (χ0n) is 24.5. The molecule has 0 amide bonds. The molecule has 208 valence electrons. The Labute approximate surface area is 250 Å². The molecular formula is C40H38N2. The van der Waals surface area contributed by atoms with Crippen molar-refractivity contribution >= 4 is 40.2 Å². The van der Waals surface area contributed by atoms with Crippen molar-refractivity contribution in [2.75, 3.05) is 9.80 Å². The molecule has 5 aromatic carbocycles. The molecule has 0 N–H and O–H groups in total. The van der Waals surface area contributed by atoms with Crippen molar-refractivity contribution in [3.63, 3.8) is 0 Å². The molecule has 0 saturated carbocycles. The molecule has 0 radical (unpaired) electrons. The van der Waals surface area contributed by atoms with Crippen LogP contribution in [0.5, 0.6) is 0 Å². The van der Waals surface area contributed by atoms with E-state index in [0.29, 0.717) is 0 Å². The third-order valence-electron chi connectivity index (χ3n) is 8.99. The number of fused-ring (bicyclic) bond motifs is 2. The lowest BCUT2D eigenvalue weighted by atomic mass is 9.87. The first kappa shape index (κ1) is 26.3. The Hall–Kier alpha value is -4.56. The summed E-state index contributed by atoms with van der Waals surface area (Å²) in [6, 6.07) is 40.8. The van der Waals surface area contributed by atoms with E-state index in [1.54, 1.807) is 0 Å². The SMILES string of the molecule is C=Cc1ccc(N(c2ccc(CCCC)cc2)c2ccc(N(c3ccc4c(c3)CC4)c3ccc4c(c3)CC4)cc2)cc1. The summed E-state index contributed by atoms with van der Waals surface area (Å²) >= 11 is 0. The standard InChI is InChI=1S/C40H38N2/c1-3-5-6-30-9-19-36(20-10-30)41(35-17-7-29(4-2)8-18-35)37-23-25-38(26-24-37)42(39-21-15-31-11-13-33(31)27-39)40-22-16-32-12-14-34(32)28-40/h4,7-10,15-28H,2-3,5-6,11-14H2,1H3. The molecule has 0 heterocycles. The van der Waals surface area contributed by atoms with Crippen LogP contribution < -0.4 is 9.80 Å². The normalized spacial score (nSPS) is 12.9. The van der Waals surface area contributed by atoms with Crippen LogP contribution in [0.3, 0.4) is 0 Å². The first-order valence-electron chi connectivity index (χ1n) is 15.5. The number of anilines is 6. The number of aryl methyl sites for hydroxylation is 5. The fraction of sp³-hybridized carbons (Fsp3) is 0.200. The summed E-state index contributed by atoms with van der Waals surface area (Å²) in [6.45, 7) is 6.19. The van der Waals surface area contributed by atoms with Gasteiger partial charge in [0.15, 0.2) is 0 Å². The van der Waals surface area contributed by atoms with Crippen LogP contribution in [0.25, 0.3) is 6.08 Å². The average Bonchev–Trinajstić information content (AvgIpc) is 3.00. The van der Waals surface area contributed by atoms with Crippen LogP contribution in [-0.4, -0.2) is 0 Å². The highest BCUT2D eigenvalue weighted by Crippen LogP contribution is 2.41. The summed E-state index contributed by atoms with van der Waals surface area (Å²) in [4.78, 5) is 4.77. The van der Waals surface area contributed by atoms with E-state index in [0.717, 1.165) is 29.0 Å². The maximum Gasteiger partial charge on any atom is 0.0464 e. The van der Waals surface area contributed by atoms with Crippen LogP contribution in [0.4, 0.5) is 34.1 Å².